The van der Waals surface area contributed by atoms with Gasteiger partial charge in [0.2, 0.25) is 5.91 Å². The zero-order chi connectivity index (χ0) is 16.8. The SMILES string of the molecule is CC1CCCCN1CC(=O)Nc1ccc(Oc2ccccc2)cc1.Cl. The van der Waals surface area contributed by atoms with E-state index in [1.165, 1.54) is 19.3 Å². The molecule has 2 aromatic carbocycles. The molecule has 0 aromatic heterocycles. The highest BCUT2D eigenvalue weighted by molar-refractivity contribution is 5.92. The molecule has 1 amide bonds. The van der Waals surface area contributed by atoms with Crippen molar-refractivity contribution in [2.45, 2.75) is 32.2 Å². The van der Waals surface area contributed by atoms with Crippen LogP contribution in [0.15, 0.2) is 54.6 Å². The summed E-state index contributed by atoms with van der Waals surface area (Å²) in [5.74, 6) is 1.60. The van der Waals surface area contributed by atoms with Crippen LogP contribution in [-0.2, 0) is 4.79 Å². The van der Waals surface area contributed by atoms with Crippen molar-refractivity contribution in [3.05, 3.63) is 54.6 Å². The molecule has 1 heterocycles. The van der Waals surface area contributed by atoms with Crippen molar-refractivity contribution in [2.75, 3.05) is 18.4 Å². The van der Waals surface area contributed by atoms with Gasteiger partial charge >= 0.3 is 0 Å². The van der Waals surface area contributed by atoms with Gasteiger partial charge in [-0.3, -0.25) is 9.69 Å². The standard InChI is InChI=1S/C20H24N2O2.ClH/c1-16-7-5-6-14-22(16)15-20(23)21-17-10-12-19(13-11-17)24-18-8-3-2-4-9-18;/h2-4,8-13,16H,5-7,14-15H2,1H3,(H,21,23);1H. The molecule has 4 nitrogen and oxygen atoms in total. The van der Waals surface area contributed by atoms with Crippen LogP contribution >= 0.6 is 12.4 Å². The molecule has 2 aromatic rings. The predicted molar refractivity (Wildman–Crippen MR) is 104 cm³/mol. The predicted octanol–water partition coefficient (Wildman–Crippen LogP) is 4.71. The van der Waals surface area contributed by atoms with E-state index in [1.807, 2.05) is 54.6 Å². The molecule has 5 heteroatoms. The largest absolute Gasteiger partial charge is 0.457 e. The minimum Gasteiger partial charge on any atom is -0.457 e. The van der Waals surface area contributed by atoms with Crippen LogP contribution in [0.2, 0.25) is 0 Å². The van der Waals surface area contributed by atoms with Crippen LogP contribution in [0.3, 0.4) is 0 Å². The summed E-state index contributed by atoms with van der Waals surface area (Å²) in [6.45, 7) is 3.67. The number of anilines is 1. The molecule has 1 atom stereocenters. The van der Waals surface area contributed by atoms with Crippen molar-refractivity contribution >= 4 is 24.0 Å². The fourth-order valence-corrected chi connectivity index (χ4v) is 3.01. The summed E-state index contributed by atoms with van der Waals surface area (Å²) in [5, 5.41) is 2.96. The van der Waals surface area contributed by atoms with Gasteiger partial charge < -0.3 is 10.1 Å². The van der Waals surface area contributed by atoms with E-state index in [2.05, 4.69) is 17.1 Å². The number of benzene rings is 2. The number of amides is 1. The number of hydrogen-bond acceptors (Lipinski definition) is 3. The molecule has 0 spiro atoms. The van der Waals surface area contributed by atoms with Crippen LogP contribution in [0.4, 0.5) is 5.69 Å². The molecule has 3 rings (SSSR count). The second kappa shape index (κ2) is 9.44. The Morgan fingerprint density at radius 3 is 2.44 bits per heavy atom. The summed E-state index contributed by atoms with van der Waals surface area (Å²) in [4.78, 5) is 14.5. The Hall–Kier alpha value is -2.04. The number of nitrogens with zero attached hydrogens (tertiary/aromatic N) is 1. The third kappa shape index (κ3) is 5.76. The van der Waals surface area contributed by atoms with Crippen molar-refractivity contribution < 1.29 is 9.53 Å². The molecule has 134 valence electrons. The lowest BCUT2D eigenvalue weighted by Gasteiger charge is -2.32. The van der Waals surface area contributed by atoms with Gasteiger partial charge in [-0.05, 0) is 62.7 Å². The molecule has 1 saturated heterocycles. The van der Waals surface area contributed by atoms with E-state index in [1.54, 1.807) is 0 Å². The average Bonchev–Trinajstić information content (AvgIpc) is 2.60. The zero-order valence-corrected chi connectivity index (χ0v) is 15.3. The van der Waals surface area contributed by atoms with Gasteiger partial charge in [0, 0.05) is 11.7 Å². The Kier molecular flexibility index (Phi) is 7.29. The molecule has 0 saturated carbocycles. The molecule has 0 aliphatic carbocycles. The summed E-state index contributed by atoms with van der Waals surface area (Å²) in [6, 6.07) is 17.6. The van der Waals surface area contributed by atoms with Crippen molar-refractivity contribution in [1.82, 2.24) is 4.90 Å². The first-order valence-electron chi connectivity index (χ1n) is 8.57. The van der Waals surface area contributed by atoms with E-state index in [0.29, 0.717) is 12.6 Å². The van der Waals surface area contributed by atoms with E-state index in [9.17, 15) is 4.79 Å². The van der Waals surface area contributed by atoms with Gasteiger partial charge in [0.25, 0.3) is 0 Å². The molecular formula is C20H25ClN2O2. The number of carbonyl (C=O) groups excluding carboxylic acids is 1. The molecule has 0 radical (unpaired) electrons. The number of carbonyl (C=O) groups is 1. The summed E-state index contributed by atoms with van der Waals surface area (Å²) >= 11 is 0. The monoisotopic (exact) mass is 360 g/mol. The molecule has 25 heavy (non-hydrogen) atoms. The van der Waals surface area contributed by atoms with Gasteiger partial charge in [-0.2, -0.15) is 0 Å². The number of para-hydroxylation sites is 1. The van der Waals surface area contributed by atoms with Crippen LogP contribution in [0.25, 0.3) is 0 Å². The van der Waals surface area contributed by atoms with Gasteiger partial charge in [-0.15, -0.1) is 12.4 Å². The highest BCUT2D eigenvalue weighted by atomic mass is 35.5. The molecule has 0 bridgehead atoms. The number of halogens is 1. The van der Waals surface area contributed by atoms with Gasteiger partial charge in [-0.25, -0.2) is 0 Å². The van der Waals surface area contributed by atoms with Gasteiger partial charge in [0.15, 0.2) is 0 Å². The minimum atomic E-state index is 0. The van der Waals surface area contributed by atoms with Gasteiger partial charge in [0.1, 0.15) is 11.5 Å². The smallest absolute Gasteiger partial charge is 0.238 e. The lowest BCUT2D eigenvalue weighted by molar-refractivity contribution is -0.118. The first kappa shape index (κ1) is 19.3. The van der Waals surface area contributed by atoms with E-state index in [4.69, 9.17) is 4.74 Å². The first-order valence-corrected chi connectivity index (χ1v) is 8.57. The highest BCUT2D eigenvalue weighted by Gasteiger charge is 2.20. The lowest BCUT2D eigenvalue weighted by atomic mass is 10.0. The third-order valence-electron chi connectivity index (χ3n) is 4.40. The average molecular weight is 361 g/mol. The Labute approximate surface area is 155 Å². The molecule has 1 aliphatic rings. The number of rotatable bonds is 5. The van der Waals surface area contributed by atoms with Crippen LogP contribution < -0.4 is 10.1 Å². The molecule has 1 aliphatic heterocycles. The normalized spacial score (nSPS) is 17.4. The Bertz CT molecular complexity index is 661. The Balaban J connectivity index is 0.00000225. The third-order valence-corrected chi connectivity index (χ3v) is 4.40. The van der Waals surface area contributed by atoms with Crippen LogP contribution in [0.1, 0.15) is 26.2 Å². The molecular weight excluding hydrogens is 336 g/mol. The maximum Gasteiger partial charge on any atom is 0.238 e. The minimum absolute atomic E-state index is 0. The first-order chi connectivity index (χ1) is 11.7. The lowest BCUT2D eigenvalue weighted by Crippen LogP contribution is -2.42. The van der Waals surface area contributed by atoms with Gasteiger partial charge in [-0.1, -0.05) is 24.6 Å². The van der Waals surface area contributed by atoms with Gasteiger partial charge in [0.05, 0.1) is 6.54 Å². The van der Waals surface area contributed by atoms with E-state index in [0.717, 1.165) is 23.7 Å². The molecule has 1 N–H and O–H groups in total. The number of likely N-dealkylation sites (tertiary alicyclic amines) is 1. The second-order valence-corrected chi connectivity index (χ2v) is 6.30. The van der Waals surface area contributed by atoms with Crippen molar-refractivity contribution in [3.63, 3.8) is 0 Å². The second-order valence-electron chi connectivity index (χ2n) is 6.30. The summed E-state index contributed by atoms with van der Waals surface area (Å²) in [7, 11) is 0. The molecule has 1 unspecified atom stereocenters. The van der Waals surface area contributed by atoms with Crippen LogP contribution in [-0.4, -0.2) is 29.9 Å². The summed E-state index contributed by atoms with van der Waals surface area (Å²) in [6.07, 6.45) is 3.63. The summed E-state index contributed by atoms with van der Waals surface area (Å²) < 4.78 is 5.75. The van der Waals surface area contributed by atoms with Crippen LogP contribution in [0, 0.1) is 0 Å². The maximum atomic E-state index is 12.2. The fraction of sp³-hybridized carbons (Fsp3) is 0.350. The number of ether oxygens (including phenoxy) is 1. The zero-order valence-electron chi connectivity index (χ0n) is 14.5. The quantitative estimate of drug-likeness (QED) is 0.839. The van der Waals surface area contributed by atoms with E-state index >= 15 is 0 Å². The summed E-state index contributed by atoms with van der Waals surface area (Å²) in [5.41, 5.74) is 0.796. The van der Waals surface area contributed by atoms with Crippen molar-refractivity contribution in [3.8, 4) is 11.5 Å². The topological polar surface area (TPSA) is 41.6 Å². The van der Waals surface area contributed by atoms with Crippen molar-refractivity contribution in [2.24, 2.45) is 0 Å². The molecule has 1 fully saturated rings. The van der Waals surface area contributed by atoms with E-state index in [-0.39, 0.29) is 18.3 Å². The Morgan fingerprint density at radius 1 is 1.08 bits per heavy atom. The fourth-order valence-electron chi connectivity index (χ4n) is 3.01. The maximum absolute atomic E-state index is 12.2. The number of hydrogen-bond donors (Lipinski definition) is 1. The van der Waals surface area contributed by atoms with Crippen LogP contribution in [0.5, 0.6) is 11.5 Å². The van der Waals surface area contributed by atoms with Crippen molar-refractivity contribution in [1.29, 1.82) is 0 Å². The van der Waals surface area contributed by atoms with E-state index < -0.39 is 0 Å². The highest BCUT2D eigenvalue weighted by Crippen LogP contribution is 2.22. The number of piperidine rings is 1. The number of nitrogens with one attached hydrogen (secondary N) is 1. The Morgan fingerprint density at radius 2 is 1.76 bits per heavy atom.